The summed E-state index contributed by atoms with van der Waals surface area (Å²) >= 11 is 0. The van der Waals surface area contributed by atoms with E-state index < -0.39 is 5.97 Å². The average Bonchev–Trinajstić information content (AvgIpc) is 2.30. The summed E-state index contributed by atoms with van der Waals surface area (Å²) in [5.74, 6) is -1.13. The molecule has 0 saturated carbocycles. The Kier molecular flexibility index (Phi) is 4.09. The molecule has 6 heteroatoms. The van der Waals surface area contributed by atoms with E-state index in [1.54, 1.807) is 0 Å². The molecule has 0 fully saturated rings. The van der Waals surface area contributed by atoms with Gasteiger partial charge >= 0.3 is 35.5 Å². The predicted octanol–water partition coefficient (Wildman–Crippen LogP) is -1.93. The van der Waals surface area contributed by atoms with Crippen molar-refractivity contribution in [2.24, 2.45) is 0 Å². The van der Waals surface area contributed by atoms with Crippen molar-refractivity contribution in [3.05, 3.63) is 11.7 Å². The van der Waals surface area contributed by atoms with Gasteiger partial charge in [0.2, 0.25) is 5.89 Å². The fraction of sp³-hybridized carbons (Fsp3) is 0.571. The van der Waals surface area contributed by atoms with Gasteiger partial charge in [-0.15, -0.1) is 0 Å². The van der Waals surface area contributed by atoms with Crippen molar-refractivity contribution < 1.29 is 44.0 Å². The Labute approximate surface area is 97.8 Å². The number of carboxylic acid groups (broad SMARTS) is 1. The molecule has 0 aliphatic heterocycles. The third-order valence-corrected chi connectivity index (χ3v) is 1.26. The molecule has 1 rings (SSSR count). The number of hydrogen-bond donors (Lipinski definition) is 1. The van der Waals surface area contributed by atoms with Crippen LogP contribution in [0.2, 0.25) is 0 Å². The first-order valence-corrected chi connectivity index (χ1v) is 3.49. The minimum Gasteiger partial charge on any atom is -0.475 e. The first kappa shape index (κ1) is 12.6. The molecule has 0 aromatic carbocycles. The third kappa shape index (κ3) is 3.10. The molecule has 0 aliphatic rings. The number of nitrogens with zero attached hydrogens (tertiary/aromatic N) is 2. The molecule has 0 bridgehead atoms. The summed E-state index contributed by atoms with van der Waals surface area (Å²) in [6.07, 6.45) is 0. The molecule has 0 amide bonds. The minimum absolute atomic E-state index is 0. The molecule has 0 saturated heterocycles. The first-order chi connectivity index (χ1) is 5.41. The van der Waals surface area contributed by atoms with Crippen molar-refractivity contribution in [2.75, 3.05) is 0 Å². The Hall–Kier alpha value is -0.390. The van der Waals surface area contributed by atoms with Gasteiger partial charge in [0, 0.05) is 5.41 Å². The summed E-state index contributed by atoms with van der Waals surface area (Å²) in [4.78, 5) is 14.1. The number of aromatic carboxylic acids is 1. The van der Waals surface area contributed by atoms with Gasteiger partial charge in [-0.1, -0.05) is 20.8 Å². The van der Waals surface area contributed by atoms with Gasteiger partial charge in [-0.3, -0.25) is 0 Å². The summed E-state index contributed by atoms with van der Waals surface area (Å²) < 4.78 is 4.75. The van der Waals surface area contributed by atoms with Crippen molar-refractivity contribution in [3.8, 4) is 0 Å². The first-order valence-electron chi connectivity index (χ1n) is 3.49. The van der Waals surface area contributed by atoms with Crippen molar-refractivity contribution in [2.45, 2.75) is 26.2 Å². The van der Waals surface area contributed by atoms with E-state index in [1.807, 2.05) is 20.8 Å². The Morgan fingerprint density at radius 1 is 1.46 bits per heavy atom. The topological polar surface area (TPSA) is 76.2 Å². The summed E-state index contributed by atoms with van der Waals surface area (Å²) in [5, 5.41) is 11.8. The van der Waals surface area contributed by atoms with Crippen LogP contribution in [0.1, 0.15) is 37.3 Å². The van der Waals surface area contributed by atoms with Crippen LogP contribution in [0.3, 0.4) is 0 Å². The summed E-state index contributed by atoms with van der Waals surface area (Å²) in [6.45, 7) is 5.60. The summed E-state index contributed by atoms with van der Waals surface area (Å²) in [5.41, 5.74) is -0.305. The molecule has 1 N–H and O–H groups in total. The molecule has 66 valence electrons. The maximum absolute atomic E-state index is 10.4. The molecule has 5 nitrogen and oxygen atoms in total. The zero-order chi connectivity index (χ0) is 9.35. The monoisotopic (exact) mass is 193 g/mol. The predicted molar refractivity (Wildman–Crippen MR) is 40.0 cm³/mol. The summed E-state index contributed by atoms with van der Waals surface area (Å²) in [7, 11) is 0. The smallest absolute Gasteiger partial charge is 0.475 e. The van der Waals surface area contributed by atoms with Crippen LogP contribution in [0.5, 0.6) is 0 Å². The fourth-order valence-corrected chi connectivity index (χ4v) is 0.615. The molecule has 0 atom stereocenters. The second-order valence-corrected chi connectivity index (χ2v) is 3.48. The van der Waals surface area contributed by atoms with Gasteiger partial charge in [-0.25, -0.2) is 4.79 Å². The molecule has 0 unspecified atom stereocenters. The van der Waals surface area contributed by atoms with Gasteiger partial charge in [0.05, 0.1) is 0 Å². The Morgan fingerprint density at radius 2 is 2.00 bits per heavy atom. The van der Waals surface area contributed by atoms with E-state index in [1.165, 1.54) is 0 Å². The van der Waals surface area contributed by atoms with Gasteiger partial charge in [0.1, 0.15) is 0 Å². The second kappa shape index (κ2) is 4.21. The maximum atomic E-state index is 10.4. The molecule has 1 aromatic rings. The van der Waals surface area contributed by atoms with Crippen molar-refractivity contribution in [1.82, 2.24) is 10.1 Å². The van der Waals surface area contributed by atoms with Crippen molar-refractivity contribution in [3.63, 3.8) is 0 Å². The molecular weight excluding hydrogens is 183 g/mol. The number of carbonyl (C=O) groups is 1. The Balaban J connectivity index is 0.00000144. The van der Waals surface area contributed by atoms with Gasteiger partial charge in [-0.2, -0.15) is 4.98 Å². The molecule has 13 heavy (non-hydrogen) atoms. The van der Waals surface area contributed by atoms with Crippen LogP contribution in [-0.4, -0.2) is 21.2 Å². The minimum atomic E-state index is -1.17. The SMILES string of the molecule is CC(C)(C)c1nc(C(=O)O)no1.[Na+]. The normalized spacial score (nSPS) is 10.7. The Bertz CT molecular complexity index is 303. The standard InChI is InChI=1S/C7H10N2O3.Na/c1-7(2,3)6-8-4(5(10)11)9-12-6;/h1-3H3,(H,10,11);/q;+1. The largest absolute Gasteiger partial charge is 1.00 e. The van der Waals surface area contributed by atoms with E-state index in [2.05, 4.69) is 10.1 Å². The van der Waals surface area contributed by atoms with Crippen molar-refractivity contribution in [1.29, 1.82) is 0 Å². The molecule has 0 radical (unpaired) electrons. The van der Waals surface area contributed by atoms with E-state index in [0.717, 1.165) is 0 Å². The molecular formula is C7H10N2NaO3+. The van der Waals surface area contributed by atoms with E-state index in [0.29, 0.717) is 5.89 Å². The van der Waals surface area contributed by atoms with E-state index in [9.17, 15) is 4.79 Å². The van der Waals surface area contributed by atoms with Crippen LogP contribution in [0.15, 0.2) is 4.52 Å². The van der Waals surface area contributed by atoms with E-state index >= 15 is 0 Å². The van der Waals surface area contributed by atoms with Gasteiger partial charge in [0.25, 0.3) is 5.82 Å². The second-order valence-electron chi connectivity index (χ2n) is 3.48. The van der Waals surface area contributed by atoms with Gasteiger partial charge < -0.3 is 9.63 Å². The van der Waals surface area contributed by atoms with Crippen LogP contribution in [-0.2, 0) is 5.41 Å². The number of carboxylic acids is 1. The quantitative estimate of drug-likeness (QED) is 0.525. The molecule has 0 spiro atoms. The van der Waals surface area contributed by atoms with Gasteiger partial charge in [0.15, 0.2) is 0 Å². The number of rotatable bonds is 1. The van der Waals surface area contributed by atoms with E-state index in [-0.39, 0.29) is 40.8 Å². The maximum Gasteiger partial charge on any atom is 1.00 e. The summed E-state index contributed by atoms with van der Waals surface area (Å²) in [6, 6.07) is 0. The number of hydrogen-bond acceptors (Lipinski definition) is 4. The van der Waals surface area contributed by atoms with Crippen LogP contribution in [0, 0.1) is 0 Å². The van der Waals surface area contributed by atoms with Crippen LogP contribution >= 0.6 is 0 Å². The number of aromatic nitrogens is 2. The van der Waals surface area contributed by atoms with Crippen LogP contribution in [0.25, 0.3) is 0 Å². The molecule has 1 aromatic heterocycles. The zero-order valence-corrected chi connectivity index (χ0v) is 10.2. The fourth-order valence-electron chi connectivity index (χ4n) is 0.615. The van der Waals surface area contributed by atoms with Crippen LogP contribution < -0.4 is 29.6 Å². The van der Waals surface area contributed by atoms with E-state index in [4.69, 9.17) is 9.63 Å². The van der Waals surface area contributed by atoms with Crippen molar-refractivity contribution >= 4 is 5.97 Å². The van der Waals surface area contributed by atoms with Crippen LogP contribution in [0.4, 0.5) is 0 Å². The molecule has 0 aliphatic carbocycles. The molecule has 1 heterocycles. The Morgan fingerprint density at radius 3 is 2.23 bits per heavy atom. The average molecular weight is 193 g/mol. The van der Waals surface area contributed by atoms with Gasteiger partial charge in [-0.05, 0) is 5.16 Å². The zero-order valence-electron chi connectivity index (χ0n) is 8.16. The third-order valence-electron chi connectivity index (χ3n) is 1.26.